The summed E-state index contributed by atoms with van der Waals surface area (Å²) >= 11 is 0. The van der Waals surface area contributed by atoms with Gasteiger partial charge in [-0.2, -0.15) is 5.10 Å². The van der Waals surface area contributed by atoms with Crippen molar-refractivity contribution in [3.63, 3.8) is 0 Å². The number of hydrogen-bond donors (Lipinski definition) is 0. The van der Waals surface area contributed by atoms with Crippen molar-refractivity contribution in [2.24, 2.45) is 0 Å². The zero-order valence-electron chi connectivity index (χ0n) is 13.7. The molecule has 1 aliphatic heterocycles. The lowest BCUT2D eigenvalue weighted by Gasteiger charge is -2.38. The van der Waals surface area contributed by atoms with E-state index in [1.807, 2.05) is 0 Å². The lowest BCUT2D eigenvalue weighted by molar-refractivity contribution is -0.0783. The third-order valence-electron chi connectivity index (χ3n) is 3.51. The molecule has 0 unspecified atom stereocenters. The number of carbonyl (C=O) groups excluding carboxylic acids is 1. The molecule has 6 nitrogen and oxygen atoms in total. The number of amides is 1. The molecule has 1 fully saturated rings. The van der Waals surface area contributed by atoms with Crippen LogP contribution in [-0.4, -0.2) is 52.9 Å². The van der Waals surface area contributed by atoms with Crippen LogP contribution in [-0.2, 0) is 4.74 Å². The third kappa shape index (κ3) is 4.27. The van der Waals surface area contributed by atoms with E-state index in [4.69, 9.17) is 9.47 Å². The highest BCUT2D eigenvalue weighted by Gasteiger charge is 2.47. The van der Waals surface area contributed by atoms with Crippen LogP contribution in [0.25, 0.3) is 0 Å². The Balaban J connectivity index is 2.17. The summed E-state index contributed by atoms with van der Waals surface area (Å²) < 4.78 is 38.6. The predicted octanol–water partition coefficient (Wildman–Crippen LogP) is 2.84. The van der Waals surface area contributed by atoms with Gasteiger partial charge in [0.05, 0.1) is 18.7 Å². The Labute approximate surface area is 133 Å². The van der Waals surface area contributed by atoms with Crippen molar-refractivity contribution in [3.05, 3.63) is 17.8 Å². The summed E-state index contributed by atoms with van der Waals surface area (Å²) in [6.45, 7) is 4.98. The summed E-state index contributed by atoms with van der Waals surface area (Å²) in [7, 11) is 1.42. The first-order chi connectivity index (χ1) is 10.6. The summed E-state index contributed by atoms with van der Waals surface area (Å²) in [5.41, 5.74) is -0.545. The predicted molar refractivity (Wildman–Crippen MR) is 78.7 cm³/mol. The van der Waals surface area contributed by atoms with Crippen molar-refractivity contribution in [1.82, 2.24) is 15.1 Å². The molecule has 1 atom stereocenters. The van der Waals surface area contributed by atoms with Gasteiger partial charge in [0.15, 0.2) is 0 Å². The van der Waals surface area contributed by atoms with Crippen molar-refractivity contribution in [2.75, 3.05) is 20.2 Å². The quantitative estimate of drug-likeness (QED) is 0.835. The van der Waals surface area contributed by atoms with Crippen molar-refractivity contribution in [2.45, 2.75) is 44.6 Å². The fourth-order valence-corrected chi connectivity index (χ4v) is 2.33. The average molecular weight is 329 g/mol. The van der Waals surface area contributed by atoms with E-state index in [0.29, 0.717) is 0 Å². The Bertz CT molecular complexity index is 558. The highest BCUT2D eigenvalue weighted by molar-refractivity contribution is 5.68. The van der Waals surface area contributed by atoms with Gasteiger partial charge in [-0.25, -0.2) is 13.6 Å². The van der Waals surface area contributed by atoms with Gasteiger partial charge in [-0.1, -0.05) is 0 Å². The molecule has 128 valence electrons. The second kappa shape index (κ2) is 6.25. The number of likely N-dealkylation sites (tertiary alicyclic amines) is 1. The van der Waals surface area contributed by atoms with Gasteiger partial charge in [-0.3, -0.25) is 0 Å². The van der Waals surface area contributed by atoms with E-state index in [2.05, 4.69) is 10.2 Å². The highest BCUT2D eigenvalue weighted by Crippen LogP contribution is 2.39. The normalized spacial score (nSPS) is 21.0. The Hall–Kier alpha value is -1.99. The number of ether oxygens (including phenoxy) is 2. The number of aromatic nitrogens is 2. The molecule has 0 spiro atoms. The molecule has 8 heteroatoms. The SMILES string of the molecule is COc1ccc([C@@H]2CN(C(=O)OC(C)(C)C)CCC2(F)F)nn1. The summed E-state index contributed by atoms with van der Waals surface area (Å²) in [5.74, 6) is -3.93. The topological polar surface area (TPSA) is 64.5 Å². The molecule has 23 heavy (non-hydrogen) atoms. The van der Waals surface area contributed by atoms with Gasteiger partial charge in [-0.15, -0.1) is 5.10 Å². The molecule has 0 aromatic carbocycles. The van der Waals surface area contributed by atoms with E-state index in [-0.39, 0.29) is 24.7 Å². The van der Waals surface area contributed by atoms with Crippen LogP contribution >= 0.6 is 0 Å². The Morgan fingerprint density at radius 2 is 2.04 bits per heavy atom. The van der Waals surface area contributed by atoms with Crippen molar-refractivity contribution < 1.29 is 23.0 Å². The number of halogens is 2. The molecule has 1 amide bonds. The molecule has 0 aliphatic carbocycles. The minimum atomic E-state index is -2.96. The number of carbonyl (C=O) groups is 1. The molecule has 0 N–H and O–H groups in total. The van der Waals surface area contributed by atoms with Crippen LogP contribution in [0.3, 0.4) is 0 Å². The molecule has 1 aromatic rings. The average Bonchev–Trinajstić information content (AvgIpc) is 2.45. The summed E-state index contributed by atoms with van der Waals surface area (Å²) in [4.78, 5) is 13.4. The maximum Gasteiger partial charge on any atom is 0.410 e. The molecular formula is C15H21F2N3O3. The van der Waals surface area contributed by atoms with E-state index in [0.717, 1.165) is 0 Å². The molecule has 2 rings (SSSR count). The summed E-state index contributed by atoms with van der Waals surface area (Å²) in [5, 5.41) is 7.53. The van der Waals surface area contributed by atoms with Crippen LogP contribution in [0.2, 0.25) is 0 Å². The fraction of sp³-hybridized carbons (Fsp3) is 0.667. The molecule has 2 heterocycles. The van der Waals surface area contributed by atoms with E-state index in [9.17, 15) is 13.6 Å². The maximum absolute atomic E-state index is 14.2. The Morgan fingerprint density at radius 1 is 1.35 bits per heavy atom. The molecule has 1 aromatic heterocycles. The van der Waals surface area contributed by atoms with Gasteiger partial charge < -0.3 is 14.4 Å². The van der Waals surface area contributed by atoms with E-state index >= 15 is 0 Å². The summed E-state index contributed by atoms with van der Waals surface area (Å²) in [6, 6.07) is 2.92. The number of methoxy groups -OCH3 is 1. The molecular weight excluding hydrogens is 308 g/mol. The lowest BCUT2D eigenvalue weighted by Crippen LogP contribution is -2.49. The first-order valence-corrected chi connectivity index (χ1v) is 7.36. The molecule has 1 saturated heterocycles. The number of nitrogens with zero attached hydrogens (tertiary/aromatic N) is 3. The van der Waals surface area contributed by atoms with E-state index in [1.165, 1.54) is 24.1 Å². The smallest absolute Gasteiger partial charge is 0.410 e. The van der Waals surface area contributed by atoms with E-state index in [1.54, 1.807) is 20.8 Å². The monoisotopic (exact) mass is 329 g/mol. The first-order valence-electron chi connectivity index (χ1n) is 7.36. The number of piperidine rings is 1. The number of hydrogen-bond acceptors (Lipinski definition) is 5. The van der Waals surface area contributed by atoms with Gasteiger partial charge >= 0.3 is 6.09 Å². The largest absolute Gasteiger partial charge is 0.480 e. The van der Waals surface area contributed by atoms with Crippen LogP contribution in [0.15, 0.2) is 12.1 Å². The van der Waals surface area contributed by atoms with Crippen LogP contribution < -0.4 is 4.74 Å². The van der Waals surface area contributed by atoms with E-state index < -0.39 is 30.0 Å². The van der Waals surface area contributed by atoms with Gasteiger partial charge in [0, 0.05) is 25.6 Å². The molecule has 1 aliphatic rings. The lowest BCUT2D eigenvalue weighted by atomic mass is 9.90. The van der Waals surface area contributed by atoms with Crippen LogP contribution in [0, 0.1) is 0 Å². The van der Waals surface area contributed by atoms with Crippen LogP contribution in [0.5, 0.6) is 5.88 Å². The van der Waals surface area contributed by atoms with Gasteiger partial charge in [-0.05, 0) is 26.8 Å². The Kier molecular flexibility index (Phi) is 4.72. The maximum atomic E-state index is 14.2. The van der Waals surface area contributed by atoms with Crippen molar-refractivity contribution in [1.29, 1.82) is 0 Å². The number of rotatable bonds is 2. The molecule has 0 saturated carbocycles. The van der Waals surface area contributed by atoms with Crippen LogP contribution in [0.4, 0.5) is 13.6 Å². The second-order valence-corrected chi connectivity index (χ2v) is 6.49. The second-order valence-electron chi connectivity index (χ2n) is 6.49. The minimum absolute atomic E-state index is 0.0536. The van der Waals surface area contributed by atoms with Gasteiger partial charge in [0.1, 0.15) is 5.60 Å². The Morgan fingerprint density at radius 3 is 2.57 bits per heavy atom. The van der Waals surface area contributed by atoms with Gasteiger partial charge in [0.2, 0.25) is 5.88 Å². The standard InChI is InChI=1S/C15H21F2N3O3/c1-14(2,3)23-13(21)20-8-7-15(16,17)10(9-20)11-5-6-12(22-4)19-18-11/h5-6,10H,7-9H2,1-4H3/t10-/m0/s1. The third-order valence-corrected chi connectivity index (χ3v) is 3.51. The minimum Gasteiger partial charge on any atom is -0.480 e. The highest BCUT2D eigenvalue weighted by atomic mass is 19.3. The van der Waals surface area contributed by atoms with Crippen LogP contribution in [0.1, 0.15) is 38.8 Å². The first kappa shape index (κ1) is 17.4. The zero-order valence-corrected chi connectivity index (χ0v) is 13.7. The molecule has 0 radical (unpaired) electrons. The number of alkyl halides is 2. The summed E-state index contributed by atoms with van der Waals surface area (Å²) in [6.07, 6.45) is -1.04. The molecule has 0 bridgehead atoms. The zero-order chi connectivity index (χ0) is 17.3. The van der Waals surface area contributed by atoms with Crippen molar-refractivity contribution in [3.8, 4) is 5.88 Å². The fourth-order valence-electron chi connectivity index (χ4n) is 2.33. The van der Waals surface area contributed by atoms with Crippen molar-refractivity contribution >= 4 is 6.09 Å². The van der Waals surface area contributed by atoms with Gasteiger partial charge in [0.25, 0.3) is 5.92 Å².